The van der Waals surface area contributed by atoms with Gasteiger partial charge in [0.25, 0.3) is 0 Å². The van der Waals surface area contributed by atoms with E-state index < -0.39 is 21.3 Å². The predicted octanol–water partition coefficient (Wildman–Crippen LogP) is -2.07. The maximum absolute atomic E-state index is 11.8. The normalized spacial score (nSPS) is 36.2. The SMILES string of the molecule is CC1(C)[C@H]2CC[C@]1(CS(=O)(=O)[O-])C(=O)C2.[Na+]. The van der Waals surface area contributed by atoms with E-state index in [0.717, 1.165) is 6.42 Å². The summed E-state index contributed by atoms with van der Waals surface area (Å²) in [7, 11) is -4.33. The predicted molar refractivity (Wildman–Crippen MR) is 53.1 cm³/mol. The Hall–Kier alpha value is 0.580. The molecule has 0 aliphatic heterocycles. The Kier molecular flexibility index (Phi) is 3.71. The molecule has 6 heteroatoms. The molecule has 0 aromatic carbocycles. The first kappa shape index (κ1) is 14.6. The minimum atomic E-state index is -4.33. The summed E-state index contributed by atoms with van der Waals surface area (Å²) in [5, 5.41) is 0. The zero-order chi connectivity index (χ0) is 11.5. The van der Waals surface area contributed by atoms with Crippen LogP contribution in [0.25, 0.3) is 0 Å². The van der Waals surface area contributed by atoms with Gasteiger partial charge in [0.1, 0.15) is 5.78 Å². The van der Waals surface area contributed by atoms with E-state index in [1.807, 2.05) is 13.8 Å². The summed E-state index contributed by atoms with van der Waals surface area (Å²) in [6.07, 6.45) is 1.88. The molecule has 0 heterocycles. The number of rotatable bonds is 2. The van der Waals surface area contributed by atoms with Crippen molar-refractivity contribution in [1.29, 1.82) is 0 Å². The van der Waals surface area contributed by atoms with Gasteiger partial charge in [-0.3, -0.25) is 4.79 Å². The van der Waals surface area contributed by atoms with Crippen LogP contribution in [0, 0.1) is 16.7 Å². The Morgan fingerprint density at radius 2 is 2.00 bits per heavy atom. The summed E-state index contributed by atoms with van der Waals surface area (Å²) in [5.41, 5.74) is -1.22. The van der Waals surface area contributed by atoms with Crippen LogP contribution in [0.3, 0.4) is 0 Å². The summed E-state index contributed by atoms with van der Waals surface area (Å²) in [6.45, 7) is 3.83. The van der Waals surface area contributed by atoms with Gasteiger partial charge in [0, 0.05) is 11.8 Å². The Bertz CT molecular complexity index is 415. The molecule has 86 valence electrons. The molecular weight excluding hydrogens is 239 g/mol. The molecule has 2 aliphatic carbocycles. The Labute approximate surface area is 118 Å². The first-order valence-corrected chi connectivity index (χ1v) is 6.74. The number of fused-ring (bicyclic) bond motifs is 2. The number of carbonyl (C=O) groups excluding carboxylic acids is 1. The Morgan fingerprint density at radius 3 is 2.31 bits per heavy atom. The Balaban J connectivity index is 0.00000128. The number of carbonyl (C=O) groups is 1. The van der Waals surface area contributed by atoms with Crippen molar-refractivity contribution >= 4 is 15.9 Å². The van der Waals surface area contributed by atoms with E-state index in [1.54, 1.807) is 0 Å². The van der Waals surface area contributed by atoms with Crippen LogP contribution in [0.4, 0.5) is 0 Å². The van der Waals surface area contributed by atoms with Crippen LogP contribution < -0.4 is 29.6 Å². The van der Waals surface area contributed by atoms with Gasteiger partial charge < -0.3 is 4.55 Å². The van der Waals surface area contributed by atoms with Crippen molar-refractivity contribution in [3.8, 4) is 0 Å². The second kappa shape index (κ2) is 4.05. The summed E-state index contributed by atoms with van der Waals surface area (Å²) in [5.74, 6) is -0.280. The molecule has 2 aliphatic rings. The van der Waals surface area contributed by atoms with Crippen molar-refractivity contribution < 1.29 is 47.3 Å². The van der Waals surface area contributed by atoms with E-state index in [0.29, 0.717) is 12.8 Å². The fourth-order valence-corrected chi connectivity index (χ4v) is 4.69. The summed E-state index contributed by atoms with van der Waals surface area (Å²) in [6, 6.07) is 0. The van der Waals surface area contributed by atoms with E-state index >= 15 is 0 Å². The zero-order valence-electron chi connectivity index (χ0n) is 9.95. The van der Waals surface area contributed by atoms with Crippen molar-refractivity contribution in [1.82, 2.24) is 0 Å². The van der Waals surface area contributed by atoms with Gasteiger partial charge in [0.15, 0.2) is 0 Å². The van der Waals surface area contributed by atoms with Gasteiger partial charge in [-0.15, -0.1) is 0 Å². The van der Waals surface area contributed by atoms with Crippen LogP contribution in [0.15, 0.2) is 0 Å². The fraction of sp³-hybridized carbons (Fsp3) is 0.900. The minimum Gasteiger partial charge on any atom is -0.748 e. The summed E-state index contributed by atoms with van der Waals surface area (Å²) < 4.78 is 32.7. The standard InChI is InChI=1S/C10H16O4S.Na/c1-9(2)7-3-4-10(9,8(11)5-7)6-15(12,13)14;/h7H,3-6H2,1-2H3,(H,12,13,14);/q;+1/p-1/t7-,10-;/m0./s1. The smallest absolute Gasteiger partial charge is 0.748 e. The molecule has 0 saturated heterocycles. The number of hydrogen-bond donors (Lipinski definition) is 0. The van der Waals surface area contributed by atoms with Gasteiger partial charge in [-0.1, -0.05) is 13.8 Å². The van der Waals surface area contributed by atoms with Crippen LogP contribution in [0.1, 0.15) is 33.1 Å². The maximum Gasteiger partial charge on any atom is 1.00 e. The van der Waals surface area contributed by atoms with Crippen molar-refractivity contribution in [2.45, 2.75) is 33.1 Å². The zero-order valence-corrected chi connectivity index (χ0v) is 12.8. The molecule has 2 fully saturated rings. The molecule has 2 bridgehead atoms. The van der Waals surface area contributed by atoms with Crippen LogP contribution in [-0.4, -0.2) is 24.5 Å². The van der Waals surface area contributed by atoms with Crippen molar-refractivity contribution in [3.63, 3.8) is 0 Å². The molecule has 0 spiro atoms. The quantitative estimate of drug-likeness (QED) is 0.419. The molecule has 2 atom stereocenters. The van der Waals surface area contributed by atoms with Crippen molar-refractivity contribution in [3.05, 3.63) is 0 Å². The molecule has 2 rings (SSSR count). The van der Waals surface area contributed by atoms with Crippen LogP contribution >= 0.6 is 0 Å². The minimum absolute atomic E-state index is 0. The monoisotopic (exact) mass is 254 g/mol. The third-order valence-corrected chi connectivity index (χ3v) is 5.41. The van der Waals surface area contributed by atoms with Gasteiger partial charge in [-0.05, 0) is 24.2 Å². The molecule has 4 nitrogen and oxygen atoms in total. The molecule has 0 radical (unpaired) electrons. The van der Waals surface area contributed by atoms with Gasteiger partial charge >= 0.3 is 29.6 Å². The van der Waals surface area contributed by atoms with Gasteiger partial charge in [0.2, 0.25) is 0 Å². The third-order valence-electron chi connectivity index (χ3n) is 4.56. The largest absolute Gasteiger partial charge is 1.00 e. The number of Topliss-reactive ketones (excluding diaryl/α,β-unsaturated/α-hetero) is 1. The summed E-state index contributed by atoms with van der Waals surface area (Å²) in [4.78, 5) is 11.8. The first-order valence-electron chi connectivity index (χ1n) is 5.16. The van der Waals surface area contributed by atoms with E-state index in [4.69, 9.17) is 0 Å². The second-order valence-corrected chi connectivity index (χ2v) is 6.77. The van der Waals surface area contributed by atoms with Gasteiger partial charge in [-0.25, -0.2) is 8.42 Å². The van der Waals surface area contributed by atoms with E-state index in [-0.39, 0.29) is 46.7 Å². The molecule has 0 aromatic rings. The Morgan fingerprint density at radius 1 is 1.44 bits per heavy atom. The second-order valence-electron chi connectivity index (χ2n) is 5.37. The van der Waals surface area contributed by atoms with Crippen LogP contribution in [-0.2, 0) is 14.9 Å². The van der Waals surface area contributed by atoms with Crippen molar-refractivity contribution in [2.75, 3.05) is 5.75 Å². The molecule has 0 unspecified atom stereocenters. The first-order chi connectivity index (χ1) is 6.69. The maximum atomic E-state index is 11.8. The van der Waals surface area contributed by atoms with Crippen molar-refractivity contribution in [2.24, 2.45) is 16.7 Å². The molecule has 16 heavy (non-hydrogen) atoms. The molecular formula is C10H15NaO4S. The molecule has 2 saturated carbocycles. The molecule has 0 aromatic heterocycles. The van der Waals surface area contributed by atoms with Crippen LogP contribution in [0.5, 0.6) is 0 Å². The third kappa shape index (κ3) is 1.90. The van der Waals surface area contributed by atoms with Gasteiger partial charge in [0.05, 0.1) is 15.9 Å². The summed E-state index contributed by atoms with van der Waals surface area (Å²) >= 11 is 0. The molecule has 0 amide bonds. The number of hydrogen-bond acceptors (Lipinski definition) is 4. The van der Waals surface area contributed by atoms with E-state index in [1.165, 1.54) is 0 Å². The molecule has 0 N–H and O–H groups in total. The topological polar surface area (TPSA) is 74.3 Å². The number of ketones is 1. The van der Waals surface area contributed by atoms with Gasteiger partial charge in [-0.2, -0.15) is 0 Å². The average molecular weight is 254 g/mol. The van der Waals surface area contributed by atoms with E-state index in [2.05, 4.69) is 0 Å². The average Bonchev–Trinajstić information content (AvgIpc) is 2.34. The van der Waals surface area contributed by atoms with E-state index in [9.17, 15) is 17.8 Å². The van der Waals surface area contributed by atoms with Crippen LogP contribution in [0.2, 0.25) is 0 Å². The fourth-order valence-electron chi connectivity index (χ4n) is 3.41.